The Bertz CT molecular complexity index is 1240. The standard InChI is InChI=1S/C21H21BrN5O6P/c22-19-9-15(5-6-24-19)12-31-20-4-3-14(11-25-20)8-16-10-18(33-26-16)17-2-1-7-27(21(17)23)13-32-34(28,29)30/h1-7,9-11,21H,8,12-13,23H2,(H2,28,29,30). The average Bonchev–Trinajstić information content (AvgIpc) is 3.25. The highest BCUT2D eigenvalue weighted by atomic mass is 79.9. The van der Waals surface area contributed by atoms with Crippen LogP contribution in [0.4, 0.5) is 0 Å². The number of hydrogen-bond acceptors (Lipinski definition) is 9. The number of allylic oxidation sites excluding steroid dienone is 2. The SMILES string of the molecule is NC1C(c2cc(Cc3ccc(OCc4ccnc(Br)c4)nc3)no2)=CC=CN1COP(=O)(O)O. The molecule has 1 aliphatic rings. The number of phosphoric ester groups is 1. The summed E-state index contributed by atoms with van der Waals surface area (Å²) in [5, 5.41) is 4.10. The Labute approximate surface area is 203 Å². The first-order valence-electron chi connectivity index (χ1n) is 10.0. The van der Waals surface area contributed by atoms with Gasteiger partial charge in [0.2, 0.25) is 5.88 Å². The van der Waals surface area contributed by atoms with Crippen molar-refractivity contribution in [2.24, 2.45) is 5.73 Å². The van der Waals surface area contributed by atoms with Crippen LogP contribution >= 0.6 is 23.8 Å². The third kappa shape index (κ3) is 6.60. The lowest BCUT2D eigenvalue weighted by atomic mass is 10.1. The minimum Gasteiger partial charge on any atom is -0.473 e. The van der Waals surface area contributed by atoms with Gasteiger partial charge in [-0.2, -0.15) is 0 Å². The Balaban J connectivity index is 1.35. The molecule has 3 aromatic heterocycles. The molecule has 0 radical (unpaired) electrons. The van der Waals surface area contributed by atoms with Gasteiger partial charge in [-0.1, -0.05) is 17.3 Å². The van der Waals surface area contributed by atoms with E-state index < -0.39 is 14.0 Å². The summed E-state index contributed by atoms with van der Waals surface area (Å²) in [4.78, 5) is 27.7. The molecule has 34 heavy (non-hydrogen) atoms. The van der Waals surface area contributed by atoms with Crippen LogP contribution in [0.15, 0.2) is 70.2 Å². The third-order valence-corrected chi connectivity index (χ3v) is 5.69. The second-order valence-corrected chi connectivity index (χ2v) is 9.36. The third-order valence-electron chi connectivity index (χ3n) is 4.81. The topological polar surface area (TPSA) is 157 Å². The number of halogens is 1. The van der Waals surface area contributed by atoms with Crippen LogP contribution in [0.1, 0.15) is 22.6 Å². The number of aromatic nitrogens is 3. The Hall–Kier alpha value is -2.86. The molecule has 0 bridgehead atoms. The number of rotatable bonds is 9. The number of nitrogens with two attached hydrogens (primary N) is 1. The van der Waals surface area contributed by atoms with Gasteiger partial charge in [0, 0.05) is 42.7 Å². The van der Waals surface area contributed by atoms with Gasteiger partial charge in [-0.25, -0.2) is 14.5 Å². The van der Waals surface area contributed by atoms with Crippen LogP contribution in [-0.2, 0) is 22.1 Å². The van der Waals surface area contributed by atoms with E-state index in [0.717, 1.165) is 15.7 Å². The van der Waals surface area contributed by atoms with Gasteiger partial charge in [0.05, 0.1) is 5.69 Å². The number of pyridine rings is 2. The summed E-state index contributed by atoms with van der Waals surface area (Å²) in [6.45, 7) is -0.00104. The number of nitrogens with zero attached hydrogens (tertiary/aromatic N) is 4. The summed E-state index contributed by atoms with van der Waals surface area (Å²) >= 11 is 3.33. The van der Waals surface area contributed by atoms with Gasteiger partial charge < -0.3 is 29.7 Å². The molecular weight excluding hydrogens is 529 g/mol. The largest absolute Gasteiger partial charge is 0.473 e. The molecule has 0 saturated carbocycles. The summed E-state index contributed by atoms with van der Waals surface area (Å²) in [5.74, 6) is 0.949. The summed E-state index contributed by atoms with van der Waals surface area (Å²) in [5.41, 5.74) is 9.36. The molecule has 1 aliphatic heterocycles. The monoisotopic (exact) mass is 549 g/mol. The second-order valence-electron chi connectivity index (χ2n) is 7.31. The van der Waals surface area contributed by atoms with E-state index >= 15 is 0 Å². The maximum Gasteiger partial charge on any atom is 0.471 e. The number of hydrogen-bond donors (Lipinski definition) is 3. The maximum absolute atomic E-state index is 11.0. The molecule has 4 heterocycles. The lowest BCUT2D eigenvalue weighted by molar-refractivity contribution is 0.110. The van der Waals surface area contributed by atoms with Gasteiger partial charge in [0.1, 0.15) is 24.1 Å². The van der Waals surface area contributed by atoms with Crippen molar-refractivity contribution in [3.05, 3.63) is 88.3 Å². The van der Waals surface area contributed by atoms with Crippen molar-refractivity contribution in [3.63, 3.8) is 0 Å². The molecule has 0 aliphatic carbocycles. The quantitative estimate of drug-likeness (QED) is 0.266. The molecule has 1 atom stereocenters. The van der Waals surface area contributed by atoms with Crippen molar-refractivity contribution in [2.45, 2.75) is 19.2 Å². The zero-order valence-corrected chi connectivity index (χ0v) is 20.2. The van der Waals surface area contributed by atoms with Crippen molar-refractivity contribution in [1.82, 2.24) is 20.0 Å². The first-order chi connectivity index (χ1) is 16.3. The van der Waals surface area contributed by atoms with Crippen molar-refractivity contribution < 1.29 is 28.1 Å². The molecule has 178 valence electrons. The Kier molecular flexibility index (Phi) is 7.57. The first-order valence-corrected chi connectivity index (χ1v) is 12.3. The van der Waals surface area contributed by atoms with Gasteiger partial charge >= 0.3 is 7.82 Å². The molecule has 11 nitrogen and oxygen atoms in total. The molecule has 3 aromatic rings. The van der Waals surface area contributed by atoms with Crippen LogP contribution in [0.25, 0.3) is 5.57 Å². The van der Waals surface area contributed by atoms with Gasteiger partial charge in [-0.3, -0.25) is 4.52 Å². The predicted molar refractivity (Wildman–Crippen MR) is 125 cm³/mol. The Morgan fingerprint density at radius 2 is 2.06 bits per heavy atom. The molecule has 4 N–H and O–H groups in total. The first kappa shape index (κ1) is 24.3. The van der Waals surface area contributed by atoms with E-state index in [2.05, 4.69) is 35.6 Å². The fourth-order valence-electron chi connectivity index (χ4n) is 3.15. The summed E-state index contributed by atoms with van der Waals surface area (Å²) in [7, 11) is -4.62. The smallest absolute Gasteiger partial charge is 0.471 e. The van der Waals surface area contributed by atoms with E-state index in [0.29, 0.717) is 35.9 Å². The zero-order valence-electron chi connectivity index (χ0n) is 17.7. The van der Waals surface area contributed by atoms with E-state index in [-0.39, 0.29) is 6.73 Å². The van der Waals surface area contributed by atoms with E-state index in [4.69, 9.17) is 24.8 Å². The summed E-state index contributed by atoms with van der Waals surface area (Å²) in [6.07, 6.45) is 8.17. The van der Waals surface area contributed by atoms with E-state index in [1.54, 1.807) is 42.9 Å². The molecule has 0 fully saturated rings. The van der Waals surface area contributed by atoms with Crippen molar-refractivity contribution >= 4 is 29.3 Å². The highest BCUT2D eigenvalue weighted by Gasteiger charge is 2.25. The lowest BCUT2D eigenvalue weighted by Gasteiger charge is -2.30. The van der Waals surface area contributed by atoms with Crippen LogP contribution in [0.3, 0.4) is 0 Å². The number of phosphoric acid groups is 1. The average molecular weight is 550 g/mol. The summed E-state index contributed by atoms with van der Waals surface area (Å²) < 4.78 is 27.4. The van der Waals surface area contributed by atoms with Crippen molar-refractivity contribution in [3.8, 4) is 5.88 Å². The van der Waals surface area contributed by atoms with Crippen LogP contribution in [0.2, 0.25) is 0 Å². The number of ether oxygens (including phenoxy) is 1. The molecule has 4 rings (SSSR count). The van der Waals surface area contributed by atoms with E-state index in [1.165, 1.54) is 4.90 Å². The highest BCUT2D eigenvalue weighted by Crippen LogP contribution is 2.36. The zero-order chi connectivity index (χ0) is 24.1. The van der Waals surface area contributed by atoms with Gasteiger partial charge in [0.15, 0.2) is 5.76 Å². The Morgan fingerprint density at radius 1 is 1.21 bits per heavy atom. The summed E-state index contributed by atoms with van der Waals surface area (Å²) in [6, 6.07) is 9.20. The molecule has 0 aromatic carbocycles. The fourth-order valence-corrected chi connectivity index (χ4v) is 3.85. The Morgan fingerprint density at radius 3 is 2.79 bits per heavy atom. The van der Waals surface area contributed by atoms with Gasteiger partial charge in [-0.15, -0.1) is 0 Å². The highest BCUT2D eigenvalue weighted by molar-refractivity contribution is 9.10. The molecule has 0 saturated heterocycles. The second kappa shape index (κ2) is 10.6. The van der Waals surface area contributed by atoms with Crippen LogP contribution in [0, 0.1) is 0 Å². The molecule has 0 spiro atoms. The van der Waals surface area contributed by atoms with Crippen LogP contribution in [0.5, 0.6) is 5.88 Å². The van der Waals surface area contributed by atoms with Crippen LogP contribution < -0.4 is 10.5 Å². The fraction of sp³-hybridized carbons (Fsp3) is 0.190. The molecule has 1 unspecified atom stereocenters. The molecule has 0 amide bonds. The minimum absolute atomic E-state index is 0.375. The van der Waals surface area contributed by atoms with Gasteiger partial charge in [-0.05, 0) is 45.3 Å². The molecular formula is C21H21BrN5O6P. The maximum atomic E-state index is 11.0. The van der Waals surface area contributed by atoms with Crippen LogP contribution in [-0.4, -0.2) is 42.7 Å². The van der Waals surface area contributed by atoms with E-state index in [1.807, 2.05) is 18.2 Å². The predicted octanol–water partition coefficient (Wildman–Crippen LogP) is 2.96. The minimum atomic E-state index is -4.62. The molecule has 13 heteroatoms. The van der Waals surface area contributed by atoms with Gasteiger partial charge in [0.25, 0.3) is 0 Å². The lowest BCUT2D eigenvalue weighted by Crippen LogP contribution is -2.41. The van der Waals surface area contributed by atoms with Crippen molar-refractivity contribution in [2.75, 3.05) is 6.73 Å². The normalized spacial score (nSPS) is 15.9. The van der Waals surface area contributed by atoms with Crippen molar-refractivity contribution in [1.29, 1.82) is 0 Å². The van der Waals surface area contributed by atoms with E-state index in [9.17, 15) is 4.57 Å².